The first-order valence-electron chi connectivity index (χ1n) is 10.6. The van der Waals surface area contributed by atoms with E-state index in [1.807, 2.05) is 6.07 Å². The van der Waals surface area contributed by atoms with Crippen molar-refractivity contribution in [2.75, 3.05) is 53.0 Å². The topological polar surface area (TPSA) is 59.1 Å². The lowest BCUT2D eigenvalue weighted by atomic mass is 9.91. The van der Waals surface area contributed by atoms with Crippen LogP contribution in [0, 0.1) is 5.92 Å². The second-order valence-corrected chi connectivity index (χ2v) is 10.1. The Morgan fingerprint density at radius 3 is 2.57 bits per heavy atom. The van der Waals surface area contributed by atoms with Gasteiger partial charge in [0.15, 0.2) is 0 Å². The van der Waals surface area contributed by atoms with Gasteiger partial charge in [-0.2, -0.15) is 4.31 Å². The summed E-state index contributed by atoms with van der Waals surface area (Å²) < 4.78 is 40.2. The molecule has 7 heteroatoms. The maximum atomic E-state index is 13.6. The summed E-state index contributed by atoms with van der Waals surface area (Å²) in [6.07, 6.45) is 6.30. The highest BCUT2D eigenvalue weighted by Gasteiger charge is 2.33. The van der Waals surface area contributed by atoms with Gasteiger partial charge in [0, 0.05) is 25.6 Å². The van der Waals surface area contributed by atoms with Crippen molar-refractivity contribution < 1.29 is 17.9 Å². The van der Waals surface area contributed by atoms with Gasteiger partial charge >= 0.3 is 0 Å². The average Bonchev–Trinajstić information content (AvgIpc) is 3.10. The Balaban J connectivity index is 1.60. The molecule has 0 N–H and O–H groups in total. The van der Waals surface area contributed by atoms with E-state index in [2.05, 4.69) is 4.90 Å². The van der Waals surface area contributed by atoms with Gasteiger partial charge in [0.2, 0.25) is 10.0 Å². The normalized spacial score (nSPS) is 24.7. The molecule has 3 aliphatic rings. The minimum atomic E-state index is -3.54. The summed E-state index contributed by atoms with van der Waals surface area (Å²) in [5.41, 5.74) is 2.04. The van der Waals surface area contributed by atoms with E-state index in [4.69, 9.17) is 9.47 Å². The first kappa shape index (κ1) is 20.1. The van der Waals surface area contributed by atoms with Crippen LogP contribution in [0.4, 0.5) is 0 Å². The van der Waals surface area contributed by atoms with Crippen molar-refractivity contribution in [1.29, 1.82) is 0 Å². The van der Waals surface area contributed by atoms with Crippen LogP contribution < -0.4 is 4.74 Å². The zero-order valence-corrected chi connectivity index (χ0v) is 17.7. The van der Waals surface area contributed by atoms with Gasteiger partial charge in [-0.25, -0.2) is 8.42 Å². The molecule has 0 radical (unpaired) electrons. The maximum Gasteiger partial charge on any atom is 0.243 e. The molecule has 0 bridgehead atoms. The smallest absolute Gasteiger partial charge is 0.243 e. The summed E-state index contributed by atoms with van der Waals surface area (Å²) >= 11 is 0. The summed E-state index contributed by atoms with van der Waals surface area (Å²) in [5.74, 6) is 1.05. The van der Waals surface area contributed by atoms with Crippen LogP contribution in [0.5, 0.6) is 5.75 Å². The number of hydrogen-bond acceptors (Lipinski definition) is 5. The van der Waals surface area contributed by atoms with Crippen molar-refractivity contribution in [1.82, 2.24) is 9.21 Å². The molecule has 2 heterocycles. The van der Waals surface area contributed by atoms with Crippen LogP contribution in [0.25, 0.3) is 0 Å². The highest BCUT2D eigenvalue weighted by atomic mass is 32.2. The van der Waals surface area contributed by atoms with Gasteiger partial charge in [0.1, 0.15) is 5.75 Å². The number of benzene rings is 1. The fourth-order valence-corrected chi connectivity index (χ4v) is 6.66. The molecule has 2 saturated heterocycles. The molecule has 156 valence electrons. The van der Waals surface area contributed by atoms with Crippen LogP contribution in [0.1, 0.15) is 36.8 Å². The second kappa shape index (κ2) is 8.69. The molecule has 0 amide bonds. The number of fused-ring (bicyclic) bond motifs is 1. The van der Waals surface area contributed by atoms with Gasteiger partial charge in [-0.05, 0) is 74.9 Å². The Morgan fingerprint density at radius 1 is 1.07 bits per heavy atom. The first-order valence-corrected chi connectivity index (χ1v) is 12.0. The van der Waals surface area contributed by atoms with E-state index >= 15 is 0 Å². The van der Waals surface area contributed by atoms with Crippen LogP contribution in [0.15, 0.2) is 17.0 Å². The molecule has 2 aliphatic heterocycles. The molecule has 4 rings (SSSR count). The second-order valence-electron chi connectivity index (χ2n) is 8.24. The van der Waals surface area contributed by atoms with Crippen LogP contribution in [0.2, 0.25) is 0 Å². The van der Waals surface area contributed by atoms with Crippen molar-refractivity contribution in [3.63, 3.8) is 0 Å². The highest BCUT2D eigenvalue weighted by molar-refractivity contribution is 7.89. The molecule has 0 aromatic heterocycles. The Morgan fingerprint density at radius 2 is 1.82 bits per heavy atom. The van der Waals surface area contributed by atoms with Gasteiger partial charge in [0.05, 0.1) is 25.2 Å². The lowest BCUT2D eigenvalue weighted by Crippen LogP contribution is -2.40. The molecule has 1 atom stereocenters. The number of methoxy groups -OCH3 is 1. The summed E-state index contributed by atoms with van der Waals surface area (Å²) in [7, 11) is -1.88. The molecule has 2 fully saturated rings. The number of sulfonamides is 1. The predicted molar refractivity (Wildman–Crippen MR) is 108 cm³/mol. The van der Waals surface area contributed by atoms with E-state index in [-0.39, 0.29) is 5.92 Å². The van der Waals surface area contributed by atoms with Gasteiger partial charge in [-0.3, -0.25) is 0 Å². The predicted octanol–water partition coefficient (Wildman–Crippen LogP) is 2.31. The molecular formula is C21H32N2O4S. The van der Waals surface area contributed by atoms with Crippen LogP contribution >= 0.6 is 0 Å². The Labute approximate surface area is 168 Å². The number of rotatable bonds is 5. The summed E-state index contributed by atoms with van der Waals surface area (Å²) in [6.45, 7) is 5.24. The van der Waals surface area contributed by atoms with Crippen LogP contribution in [0.3, 0.4) is 0 Å². The van der Waals surface area contributed by atoms with Gasteiger partial charge in [0.25, 0.3) is 0 Å². The van der Waals surface area contributed by atoms with Crippen molar-refractivity contribution in [2.24, 2.45) is 5.92 Å². The van der Waals surface area contributed by atoms with Crippen LogP contribution in [-0.4, -0.2) is 70.7 Å². The molecule has 1 aliphatic carbocycles. The van der Waals surface area contributed by atoms with Crippen molar-refractivity contribution >= 4 is 10.0 Å². The van der Waals surface area contributed by atoms with Gasteiger partial charge in [-0.1, -0.05) is 0 Å². The fourth-order valence-electron chi connectivity index (χ4n) is 4.88. The molecule has 0 saturated carbocycles. The largest absolute Gasteiger partial charge is 0.496 e. The molecule has 1 unspecified atom stereocenters. The minimum Gasteiger partial charge on any atom is -0.496 e. The summed E-state index contributed by atoms with van der Waals surface area (Å²) in [5, 5.41) is 0. The standard InChI is InChI=1S/C21H32N2O4S/c1-26-20-8-9-21(19-7-3-2-6-18(19)20)28(24,25)23-12-13-27-16-17(15-23)14-22-10-4-5-11-22/h8-9,17H,2-7,10-16H2,1H3. The SMILES string of the molecule is COc1ccc(S(=O)(=O)N2CCOCC(CN3CCCC3)C2)c2c1CCCC2. The maximum absolute atomic E-state index is 13.6. The number of nitrogens with zero attached hydrogens (tertiary/aromatic N) is 2. The highest BCUT2D eigenvalue weighted by Crippen LogP contribution is 2.35. The third-order valence-electron chi connectivity index (χ3n) is 6.30. The minimum absolute atomic E-state index is 0.226. The van der Waals surface area contributed by atoms with Crippen molar-refractivity contribution in [3.8, 4) is 5.75 Å². The summed E-state index contributed by atoms with van der Waals surface area (Å²) in [6, 6.07) is 3.58. The Kier molecular flexibility index (Phi) is 6.25. The number of likely N-dealkylation sites (tertiary alicyclic amines) is 1. The van der Waals surface area contributed by atoms with E-state index < -0.39 is 10.0 Å². The molecule has 6 nitrogen and oxygen atoms in total. The average molecular weight is 409 g/mol. The zero-order valence-electron chi connectivity index (χ0n) is 16.9. The molecule has 1 aromatic rings. The first-order chi connectivity index (χ1) is 13.6. The van der Waals surface area contributed by atoms with Crippen LogP contribution in [-0.2, 0) is 27.6 Å². The van der Waals surface area contributed by atoms with Gasteiger partial charge < -0.3 is 14.4 Å². The zero-order chi connectivity index (χ0) is 19.6. The molecule has 28 heavy (non-hydrogen) atoms. The molecule has 0 spiro atoms. The van der Waals surface area contributed by atoms with E-state index in [0.717, 1.165) is 62.2 Å². The Bertz CT molecular complexity index is 790. The fraction of sp³-hybridized carbons (Fsp3) is 0.714. The third-order valence-corrected chi connectivity index (χ3v) is 8.25. The number of ether oxygens (including phenoxy) is 2. The van der Waals surface area contributed by atoms with E-state index in [9.17, 15) is 8.42 Å². The van der Waals surface area contributed by atoms with Crippen molar-refractivity contribution in [3.05, 3.63) is 23.3 Å². The quantitative estimate of drug-likeness (QED) is 0.748. The molecular weight excluding hydrogens is 376 g/mol. The third kappa shape index (κ3) is 4.08. The lowest BCUT2D eigenvalue weighted by molar-refractivity contribution is 0.109. The molecule has 1 aromatic carbocycles. The van der Waals surface area contributed by atoms with E-state index in [1.165, 1.54) is 12.8 Å². The monoisotopic (exact) mass is 408 g/mol. The lowest BCUT2D eigenvalue weighted by Gasteiger charge is -2.28. The number of hydrogen-bond donors (Lipinski definition) is 0. The van der Waals surface area contributed by atoms with E-state index in [1.54, 1.807) is 17.5 Å². The van der Waals surface area contributed by atoms with E-state index in [0.29, 0.717) is 31.2 Å². The summed E-state index contributed by atoms with van der Waals surface area (Å²) in [4.78, 5) is 2.92. The van der Waals surface area contributed by atoms with Crippen molar-refractivity contribution in [2.45, 2.75) is 43.4 Å². The Hall–Kier alpha value is -1.15. The van der Waals surface area contributed by atoms with Gasteiger partial charge in [-0.15, -0.1) is 0 Å².